The highest BCUT2D eigenvalue weighted by Crippen LogP contribution is 2.43. The van der Waals surface area contributed by atoms with Crippen LogP contribution in [-0.4, -0.2) is 33.5 Å². The van der Waals surface area contributed by atoms with Crippen molar-refractivity contribution in [1.29, 1.82) is 0 Å². The SMILES string of the molecule is CCN1C(=O)/C(=c2/[nH][nH]c(=O)/c2=C\C2=C(c3ccccc3O)OC3=C(CCC3)C2)C(=O)c2ccccc21. The minimum absolute atomic E-state index is 0.0656. The highest BCUT2D eigenvalue weighted by Gasteiger charge is 2.35. The maximum absolute atomic E-state index is 13.5. The summed E-state index contributed by atoms with van der Waals surface area (Å²) in [6, 6.07) is 13.9. The summed E-state index contributed by atoms with van der Waals surface area (Å²) in [5.74, 6) is 0.534. The fourth-order valence-corrected chi connectivity index (χ4v) is 5.39. The number of phenolic OH excluding ortho intramolecular Hbond substituents is 1. The molecule has 1 aliphatic carbocycles. The summed E-state index contributed by atoms with van der Waals surface area (Å²) in [7, 11) is 0. The van der Waals surface area contributed by atoms with Crippen molar-refractivity contribution >= 4 is 34.8 Å². The zero-order chi connectivity index (χ0) is 25.7. The Morgan fingerprint density at radius 2 is 1.76 bits per heavy atom. The quantitative estimate of drug-likeness (QED) is 0.517. The number of carbonyl (C=O) groups is 2. The van der Waals surface area contributed by atoms with Crippen molar-refractivity contribution in [3.63, 3.8) is 0 Å². The molecule has 0 saturated carbocycles. The largest absolute Gasteiger partial charge is 0.507 e. The first-order chi connectivity index (χ1) is 18.0. The highest BCUT2D eigenvalue weighted by molar-refractivity contribution is 6.51. The van der Waals surface area contributed by atoms with E-state index in [1.54, 1.807) is 48.5 Å². The van der Waals surface area contributed by atoms with Crippen molar-refractivity contribution in [2.45, 2.75) is 32.6 Å². The van der Waals surface area contributed by atoms with Crippen LogP contribution in [0.4, 0.5) is 5.69 Å². The van der Waals surface area contributed by atoms with Crippen molar-refractivity contribution < 1.29 is 19.4 Å². The normalized spacial score (nSPS) is 19.4. The number of benzene rings is 2. The Morgan fingerprint density at radius 3 is 2.54 bits per heavy atom. The molecule has 186 valence electrons. The lowest BCUT2D eigenvalue weighted by atomic mass is 9.93. The van der Waals surface area contributed by atoms with Gasteiger partial charge in [0.2, 0.25) is 5.78 Å². The maximum atomic E-state index is 13.5. The summed E-state index contributed by atoms with van der Waals surface area (Å²) in [5.41, 5.74) is 2.78. The minimum atomic E-state index is -0.466. The van der Waals surface area contributed by atoms with E-state index in [9.17, 15) is 19.5 Å². The second-order valence-corrected chi connectivity index (χ2v) is 9.31. The molecule has 0 bridgehead atoms. The molecule has 3 heterocycles. The Hall–Kier alpha value is -4.59. The molecule has 8 nitrogen and oxygen atoms in total. The van der Waals surface area contributed by atoms with Gasteiger partial charge in [-0.15, -0.1) is 0 Å². The molecule has 0 unspecified atom stereocenters. The standard InChI is InChI=1S/C29H25N3O5/c1-2-32-21-11-5-3-9-18(21)26(34)24(29(32)36)25-20(28(35)31-30-25)15-17-14-16-8-7-13-23(16)37-27(17)19-10-4-6-12-22(19)33/h3-6,9-12,15,30,33H,2,7-8,13-14H2,1H3,(H,31,35)/b20-15-,25-24+. The molecule has 0 radical (unpaired) electrons. The number of nitrogens with zero attached hydrogens (tertiary/aromatic N) is 1. The topological polar surface area (TPSA) is 115 Å². The van der Waals surface area contributed by atoms with E-state index in [1.165, 1.54) is 4.90 Å². The number of fused-ring (bicyclic) bond motifs is 1. The number of aromatic hydroxyl groups is 1. The number of aromatic nitrogens is 2. The predicted octanol–water partition coefficient (Wildman–Crippen LogP) is 2.86. The molecular weight excluding hydrogens is 470 g/mol. The molecule has 6 rings (SSSR count). The van der Waals surface area contributed by atoms with E-state index >= 15 is 0 Å². The van der Waals surface area contributed by atoms with E-state index in [1.807, 2.05) is 13.0 Å². The van der Waals surface area contributed by atoms with E-state index in [4.69, 9.17) is 4.74 Å². The maximum Gasteiger partial charge on any atom is 0.271 e. The number of hydrogen-bond acceptors (Lipinski definition) is 5. The van der Waals surface area contributed by atoms with Gasteiger partial charge in [-0.1, -0.05) is 24.3 Å². The highest BCUT2D eigenvalue weighted by atomic mass is 16.5. The fourth-order valence-electron chi connectivity index (χ4n) is 5.39. The Bertz CT molecular complexity index is 1720. The van der Waals surface area contributed by atoms with Gasteiger partial charge in [0.05, 0.1) is 21.8 Å². The van der Waals surface area contributed by atoms with E-state index in [2.05, 4.69) is 10.2 Å². The zero-order valence-corrected chi connectivity index (χ0v) is 20.3. The number of nitrogens with one attached hydrogen (secondary N) is 2. The molecule has 37 heavy (non-hydrogen) atoms. The lowest BCUT2D eigenvalue weighted by Gasteiger charge is -2.28. The number of phenols is 1. The molecule has 0 atom stereocenters. The average Bonchev–Trinajstić information content (AvgIpc) is 3.51. The lowest BCUT2D eigenvalue weighted by molar-refractivity contribution is -0.113. The van der Waals surface area contributed by atoms with Crippen molar-refractivity contribution in [3.05, 3.63) is 97.5 Å². The van der Waals surface area contributed by atoms with Gasteiger partial charge in [-0.05, 0) is 55.7 Å². The lowest BCUT2D eigenvalue weighted by Crippen LogP contribution is -2.45. The van der Waals surface area contributed by atoms with Crippen molar-refractivity contribution in [2.75, 3.05) is 11.4 Å². The van der Waals surface area contributed by atoms with Gasteiger partial charge in [0, 0.05) is 30.5 Å². The number of anilines is 1. The van der Waals surface area contributed by atoms with E-state index in [-0.39, 0.29) is 21.9 Å². The van der Waals surface area contributed by atoms with Crippen LogP contribution < -0.4 is 21.0 Å². The van der Waals surface area contributed by atoms with Gasteiger partial charge in [0.25, 0.3) is 11.5 Å². The minimum Gasteiger partial charge on any atom is -0.507 e. The third-order valence-electron chi connectivity index (χ3n) is 7.17. The number of H-pyrrole nitrogens is 2. The Kier molecular flexibility index (Phi) is 5.44. The van der Waals surface area contributed by atoms with E-state index in [0.717, 1.165) is 30.6 Å². The molecule has 3 N–H and O–H groups in total. The van der Waals surface area contributed by atoms with Gasteiger partial charge in [0.15, 0.2) is 0 Å². The monoisotopic (exact) mass is 495 g/mol. The molecular formula is C29H25N3O5. The second-order valence-electron chi connectivity index (χ2n) is 9.31. The van der Waals surface area contributed by atoms with Crippen LogP contribution in [0.1, 0.15) is 48.5 Å². The first-order valence-electron chi connectivity index (χ1n) is 12.4. The van der Waals surface area contributed by atoms with Crippen molar-refractivity contribution in [3.8, 4) is 5.75 Å². The van der Waals surface area contributed by atoms with Crippen LogP contribution in [0.15, 0.2) is 70.2 Å². The van der Waals surface area contributed by atoms with Gasteiger partial charge in [-0.25, -0.2) is 0 Å². The van der Waals surface area contributed by atoms with Gasteiger partial charge < -0.3 is 14.7 Å². The van der Waals surface area contributed by atoms with Gasteiger partial charge >= 0.3 is 0 Å². The number of para-hydroxylation sites is 2. The first-order valence-corrected chi connectivity index (χ1v) is 12.4. The third kappa shape index (κ3) is 3.64. The predicted molar refractivity (Wildman–Crippen MR) is 139 cm³/mol. The summed E-state index contributed by atoms with van der Waals surface area (Å²) in [5, 5.41) is 16.2. The van der Waals surface area contributed by atoms with Crippen molar-refractivity contribution in [1.82, 2.24) is 10.2 Å². The van der Waals surface area contributed by atoms with Crippen LogP contribution in [0.3, 0.4) is 0 Å². The summed E-state index contributed by atoms with van der Waals surface area (Å²) < 4.78 is 6.28. The van der Waals surface area contributed by atoms with Crippen LogP contribution in [0, 0.1) is 0 Å². The number of amides is 1. The van der Waals surface area contributed by atoms with Crippen LogP contribution in [0.2, 0.25) is 0 Å². The molecule has 0 fully saturated rings. The third-order valence-corrected chi connectivity index (χ3v) is 7.17. The van der Waals surface area contributed by atoms with Gasteiger partial charge in [0.1, 0.15) is 22.8 Å². The molecule has 2 aromatic carbocycles. The van der Waals surface area contributed by atoms with Crippen molar-refractivity contribution in [2.24, 2.45) is 0 Å². The Balaban J connectivity index is 1.61. The zero-order valence-electron chi connectivity index (χ0n) is 20.3. The summed E-state index contributed by atoms with van der Waals surface area (Å²) >= 11 is 0. The van der Waals surface area contributed by atoms with E-state index < -0.39 is 17.2 Å². The molecule has 8 heteroatoms. The smallest absolute Gasteiger partial charge is 0.271 e. The number of ketones is 1. The molecule has 0 spiro atoms. The molecule has 3 aliphatic rings. The molecule has 1 amide bonds. The molecule has 0 saturated heterocycles. The second kappa shape index (κ2) is 8.81. The summed E-state index contributed by atoms with van der Waals surface area (Å²) in [6.45, 7) is 2.21. The summed E-state index contributed by atoms with van der Waals surface area (Å²) in [4.78, 5) is 41.6. The molecule has 2 aliphatic heterocycles. The molecule has 1 aromatic heterocycles. The van der Waals surface area contributed by atoms with Crippen LogP contribution >= 0.6 is 0 Å². The van der Waals surface area contributed by atoms with Crippen LogP contribution in [0.25, 0.3) is 17.4 Å². The molecule has 3 aromatic rings. The van der Waals surface area contributed by atoms with E-state index in [0.29, 0.717) is 41.1 Å². The number of carbonyl (C=O) groups excluding carboxylic acids is 2. The number of ether oxygens (including phenoxy) is 1. The fraction of sp³-hybridized carbons (Fsp3) is 0.207. The van der Waals surface area contributed by atoms with Gasteiger partial charge in [-0.3, -0.25) is 24.6 Å². The first kappa shape index (κ1) is 22.8. The average molecular weight is 496 g/mol. The Morgan fingerprint density at radius 1 is 1.00 bits per heavy atom. The summed E-state index contributed by atoms with van der Waals surface area (Å²) in [6.07, 6.45) is 4.91. The number of Topliss-reactive ketones (excluding diaryl/α,β-unsaturated/α-hetero) is 1. The number of allylic oxidation sites excluding steroid dienone is 3. The van der Waals surface area contributed by atoms with Gasteiger partial charge in [-0.2, -0.15) is 0 Å². The number of hydrogen-bond donors (Lipinski definition) is 3. The number of rotatable bonds is 3. The Labute approximate surface area is 211 Å². The number of aromatic amines is 2. The van der Waals surface area contributed by atoms with Crippen LogP contribution in [-0.2, 0) is 9.53 Å². The van der Waals surface area contributed by atoms with Crippen LogP contribution in [0.5, 0.6) is 5.75 Å².